The normalized spacial score (nSPS) is 18.6. The molecule has 0 radical (unpaired) electrons. The van der Waals surface area contributed by atoms with Gasteiger partial charge in [-0.25, -0.2) is 8.42 Å². The van der Waals surface area contributed by atoms with E-state index in [9.17, 15) is 13.2 Å². The Labute approximate surface area is 152 Å². The van der Waals surface area contributed by atoms with Crippen LogP contribution in [0.2, 0.25) is 0 Å². The van der Waals surface area contributed by atoms with Gasteiger partial charge in [0.25, 0.3) is 0 Å². The summed E-state index contributed by atoms with van der Waals surface area (Å²) in [7, 11) is -3.36. The lowest BCUT2D eigenvalue weighted by molar-refractivity contribution is -0.135. The van der Waals surface area contributed by atoms with Gasteiger partial charge in [0.1, 0.15) is 0 Å². The van der Waals surface area contributed by atoms with Gasteiger partial charge in [-0.15, -0.1) is 0 Å². The van der Waals surface area contributed by atoms with Gasteiger partial charge in [0, 0.05) is 32.1 Å². The zero-order valence-electron chi connectivity index (χ0n) is 15.6. The maximum absolute atomic E-state index is 12.6. The fraction of sp³-hybridized carbons (Fsp3) is 0.632. The van der Waals surface area contributed by atoms with Crippen LogP contribution in [-0.4, -0.2) is 48.9 Å². The standard InChI is InChI=1S/C19H30N2O3S/c1-4-18-11-7-8-13-21(18)19(22)12-14-20(25(3,23)24)15-17-10-6-5-9-16(17)2/h5-6,9-10,18H,4,7-8,11-15H2,1-3H3. The topological polar surface area (TPSA) is 57.7 Å². The highest BCUT2D eigenvalue weighted by atomic mass is 32.2. The number of aryl methyl sites for hydroxylation is 1. The molecule has 1 aliphatic rings. The van der Waals surface area contributed by atoms with E-state index in [2.05, 4.69) is 6.92 Å². The highest BCUT2D eigenvalue weighted by Gasteiger charge is 2.26. The van der Waals surface area contributed by atoms with E-state index in [1.165, 1.54) is 17.0 Å². The van der Waals surface area contributed by atoms with E-state index in [4.69, 9.17) is 0 Å². The quantitative estimate of drug-likeness (QED) is 0.745. The van der Waals surface area contributed by atoms with Crippen LogP contribution in [-0.2, 0) is 21.4 Å². The lowest BCUT2D eigenvalue weighted by Crippen LogP contribution is -2.44. The van der Waals surface area contributed by atoms with E-state index in [0.717, 1.165) is 36.9 Å². The van der Waals surface area contributed by atoms with E-state index in [1.54, 1.807) is 0 Å². The molecule has 1 saturated heterocycles. The van der Waals surface area contributed by atoms with Crippen LogP contribution in [0, 0.1) is 6.92 Å². The number of likely N-dealkylation sites (tertiary alicyclic amines) is 1. The van der Waals surface area contributed by atoms with Gasteiger partial charge < -0.3 is 4.90 Å². The summed E-state index contributed by atoms with van der Waals surface area (Å²) in [6.07, 6.45) is 5.69. The third kappa shape index (κ3) is 5.54. The highest BCUT2D eigenvalue weighted by molar-refractivity contribution is 7.88. The predicted molar refractivity (Wildman–Crippen MR) is 101 cm³/mol. The van der Waals surface area contributed by atoms with Crippen molar-refractivity contribution in [2.45, 2.75) is 58.5 Å². The van der Waals surface area contributed by atoms with Crippen LogP contribution in [0.3, 0.4) is 0 Å². The summed E-state index contributed by atoms with van der Waals surface area (Å²) in [4.78, 5) is 14.6. The minimum atomic E-state index is -3.36. The number of nitrogens with zero attached hydrogens (tertiary/aromatic N) is 2. The first-order chi connectivity index (χ1) is 11.8. The number of hydrogen-bond acceptors (Lipinski definition) is 3. The third-order valence-electron chi connectivity index (χ3n) is 5.07. The summed E-state index contributed by atoms with van der Waals surface area (Å²) in [6, 6.07) is 8.07. The van der Waals surface area contributed by atoms with Crippen LogP contribution in [0.5, 0.6) is 0 Å². The fourth-order valence-corrected chi connectivity index (χ4v) is 4.25. The van der Waals surface area contributed by atoms with Crippen molar-refractivity contribution in [1.82, 2.24) is 9.21 Å². The largest absolute Gasteiger partial charge is 0.340 e. The number of piperidine rings is 1. The number of hydrogen-bond donors (Lipinski definition) is 0. The number of amides is 1. The Bertz CT molecular complexity index is 688. The summed E-state index contributed by atoms with van der Waals surface area (Å²) < 4.78 is 25.7. The van der Waals surface area contributed by atoms with Crippen LogP contribution in [0.4, 0.5) is 0 Å². The summed E-state index contributed by atoms with van der Waals surface area (Å²) >= 11 is 0. The summed E-state index contributed by atoms with van der Waals surface area (Å²) in [5.74, 6) is 0.0741. The highest BCUT2D eigenvalue weighted by Crippen LogP contribution is 2.21. The van der Waals surface area contributed by atoms with Gasteiger partial charge >= 0.3 is 0 Å². The van der Waals surface area contributed by atoms with E-state index in [1.807, 2.05) is 36.1 Å². The molecule has 2 rings (SSSR count). The average molecular weight is 367 g/mol. The van der Waals surface area contributed by atoms with Crippen molar-refractivity contribution in [3.8, 4) is 0 Å². The van der Waals surface area contributed by atoms with E-state index < -0.39 is 10.0 Å². The Balaban J connectivity index is 2.03. The number of sulfonamides is 1. The van der Waals surface area contributed by atoms with Crippen LogP contribution in [0.25, 0.3) is 0 Å². The molecule has 1 fully saturated rings. The number of rotatable bonds is 7. The molecule has 1 aromatic rings. The Kier molecular flexibility index (Phi) is 7.02. The van der Waals surface area contributed by atoms with Crippen molar-refractivity contribution < 1.29 is 13.2 Å². The van der Waals surface area contributed by atoms with E-state index >= 15 is 0 Å². The molecule has 6 heteroatoms. The molecule has 25 heavy (non-hydrogen) atoms. The second-order valence-corrected chi connectivity index (χ2v) is 8.90. The van der Waals surface area contributed by atoms with Crippen LogP contribution in [0.15, 0.2) is 24.3 Å². The molecule has 140 valence electrons. The van der Waals surface area contributed by atoms with Gasteiger partial charge in [-0.05, 0) is 43.7 Å². The number of carbonyl (C=O) groups is 1. The van der Waals surface area contributed by atoms with Crippen LogP contribution >= 0.6 is 0 Å². The lowest BCUT2D eigenvalue weighted by atomic mass is 9.99. The second-order valence-electron chi connectivity index (χ2n) is 6.92. The first-order valence-electron chi connectivity index (χ1n) is 9.12. The molecule has 1 aliphatic heterocycles. The molecule has 1 aromatic carbocycles. The molecule has 1 atom stereocenters. The molecule has 0 aliphatic carbocycles. The number of carbonyl (C=O) groups excluding carboxylic acids is 1. The Morgan fingerprint density at radius 1 is 1.28 bits per heavy atom. The Morgan fingerprint density at radius 2 is 2.00 bits per heavy atom. The van der Waals surface area contributed by atoms with Gasteiger partial charge in [-0.1, -0.05) is 31.2 Å². The van der Waals surface area contributed by atoms with Crippen molar-refractivity contribution in [2.24, 2.45) is 0 Å². The minimum Gasteiger partial charge on any atom is -0.340 e. The zero-order valence-corrected chi connectivity index (χ0v) is 16.4. The molecule has 0 saturated carbocycles. The molecule has 1 heterocycles. The smallest absolute Gasteiger partial charge is 0.224 e. The fourth-order valence-electron chi connectivity index (χ4n) is 3.46. The Hall–Kier alpha value is -1.40. The van der Waals surface area contributed by atoms with Crippen LogP contribution < -0.4 is 0 Å². The maximum Gasteiger partial charge on any atom is 0.224 e. The van der Waals surface area contributed by atoms with Crippen molar-refractivity contribution in [3.05, 3.63) is 35.4 Å². The summed E-state index contributed by atoms with van der Waals surface area (Å²) in [5.41, 5.74) is 2.04. The average Bonchev–Trinajstić information content (AvgIpc) is 2.58. The van der Waals surface area contributed by atoms with E-state index in [-0.39, 0.29) is 18.9 Å². The number of benzene rings is 1. The third-order valence-corrected chi connectivity index (χ3v) is 6.32. The first-order valence-corrected chi connectivity index (χ1v) is 11.0. The molecule has 0 N–H and O–H groups in total. The molecule has 0 spiro atoms. The van der Waals surface area contributed by atoms with Crippen molar-refractivity contribution >= 4 is 15.9 Å². The van der Waals surface area contributed by atoms with E-state index in [0.29, 0.717) is 12.6 Å². The van der Waals surface area contributed by atoms with Crippen LogP contribution in [0.1, 0.15) is 50.2 Å². The van der Waals surface area contributed by atoms with Crippen molar-refractivity contribution in [2.75, 3.05) is 19.3 Å². The summed E-state index contributed by atoms with van der Waals surface area (Å²) in [5, 5.41) is 0. The molecule has 0 bridgehead atoms. The lowest BCUT2D eigenvalue weighted by Gasteiger charge is -2.35. The molecular formula is C19H30N2O3S. The van der Waals surface area contributed by atoms with Gasteiger partial charge in [0.15, 0.2) is 0 Å². The van der Waals surface area contributed by atoms with Gasteiger partial charge in [0.2, 0.25) is 15.9 Å². The first kappa shape index (κ1) is 19.9. The SMILES string of the molecule is CCC1CCCCN1C(=O)CCN(Cc1ccccc1C)S(C)(=O)=O. The van der Waals surface area contributed by atoms with Crippen molar-refractivity contribution in [1.29, 1.82) is 0 Å². The van der Waals surface area contributed by atoms with Gasteiger partial charge in [-0.3, -0.25) is 4.79 Å². The van der Waals surface area contributed by atoms with Gasteiger partial charge in [-0.2, -0.15) is 4.31 Å². The minimum absolute atomic E-state index is 0.0741. The molecular weight excluding hydrogens is 336 g/mol. The Morgan fingerprint density at radius 3 is 2.64 bits per heavy atom. The zero-order chi connectivity index (χ0) is 18.4. The molecule has 5 nitrogen and oxygen atoms in total. The second kappa shape index (κ2) is 8.81. The molecule has 0 aromatic heterocycles. The van der Waals surface area contributed by atoms with Crippen molar-refractivity contribution in [3.63, 3.8) is 0 Å². The predicted octanol–water partition coefficient (Wildman–Crippen LogP) is 2.94. The molecule has 1 amide bonds. The van der Waals surface area contributed by atoms with Gasteiger partial charge in [0.05, 0.1) is 6.26 Å². The monoisotopic (exact) mass is 366 g/mol. The maximum atomic E-state index is 12.6. The molecule has 1 unspecified atom stereocenters. The summed E-state index contributed by atoms with van der Waals surface area (Å²) in [6.45, 7) is 5.43.